The van der Waals surface area contributed by atoms with Crippen LogP contribution in [0.3, 0.4) is 0 Å². The molecule has 0 aliphatic carbocycles. The van der Waals surface area contributed by atoms with Gasteiger partial charge in [-0.05, 0) is 29.5 Å². The molecule has 0 aromatic heterocycles. The van der Waals surface area contributed by atoms with Crippen LogP contribution in [0, 0.1) is 5.41 Å². The second-order valence-electron chi connectivity index (χ2n) is 7.03. The molecule has 27 heavy (non-hydrogen) atoms. The van der Waals surface area contributed by atoms with E-state index < -0.39 is 5.41 Å². The number of benzene rings is 2. The summed E-state index contributed by atoms with van der Waals surface area (Å²) in [5, 5.41) is 3.08. The van der Waals surface area contributed by atoms with E-state index in [4.69, 9.17) is 15.2 Å². The summed E-state index contributed by atoms with van der Waals surface area (Å²) < 4.78 is 11.2. The van der Waals surface area contributed by atoms with Crippen LogP contribution in [0.5, 0.6) is 0 Å². The van der Waals surface area contributed by atoms with Crippen LogP contribution < -0.4 is 11.1 Å². The molecule has 1 heterocycles. The fourth-order valence-electron chi connectivity index (χ4n) is 3.37. The van der Waals surface area contributed by atoms with Gasteiger partial charge in [0, 0.05) is 26.3 Å². The number of hydrogen-bond donors (Lipinski definition) is 2. The van der Waals surface area contributed by atoms with E-state index in [1.807, 2.05) is 54.6 Å². The van der Waals surface area contributed by atoms with Gasteiger partial charge in [0.25, 0.3) is 0 Å². The number of hydrogen-bond acceptors (Lipinski definition) is 4. The molecule has 1 aliphatic rings. The van der Waals surface area contributed by atoms with Crippen molar-refractivity contribution in [3.63, 3.8) is 0 Å². The minimum Gasteiger partial charge on any atom is -0.381 e. The summed E-state index contributed by atoms with van der Waals surface area (Å²) in [7, 11) is 0. The van der Waals surface area contributed by atoms with Crippen LogP contribution in [0.25, 0.3) is 0 Å². The highest BCUT2D eigenvalue weighted by Gasteiger charge is 2.38. The molecule has 0 unspecified atom stereocenters. The zero-order valence-electron chi connectivity index (χ0n) is 15.7. The molecule has 1 fully saturated rings. The Labute approximate surface area is 160 Å². The number of nitrogens with one attached hydrogen (secondary N) is 1. The second kappa shape index (κ2) is 9.65. The predicted octanol–water partition coefficient (Wildman–Crippen LogP) is 2.78. The van der Waals surface area contributed by atoms with Crippen molar-refractivity contribution in [1.82, 2.24) is 5.32 Å². The Balaban J connectivity index is 1.56. The van der Waals surface area contributed by atoms with Crippen LogP contribution in [0.4, 0.5) is 0 Å². The van der Waals surface area contributed by atoms with Gasteiger partial charge in [-0.1, -0.05) is 54.6 Å². The maximum Gasteiger partial charge on any atom is 0.227 e. The number of amides is 1. The van der Waals surface area contributed by atoms with E-state index >= 15 is 0 Å². The first-order valence-electron chi connectivity index (χ1n) is 9.48. The summed E-state index contributed by atoms with van der Waals surface area (Å²) in [6, 6.07) is 18.1. The van der Waals surface area contributed by atoms with Crippen molar-refractivity contribution in [2.24, 2.45) is 11.1 Å². The van der Waals surface area contributed by atoms with Gasteiger partial charge in [-0.25, -0.2) is 0 Å². The summed E-state index contributed by atoms with van der Waals surface area (Å²) in [6.45, 7) is 3.09. The van der Waals surface area contributed by atoms with Gasteiger partial charge in [0.05, 0.1) is 18.6 Å². The third kappa shape index (κ3) is 5.16. The highest BCUT2D eigenvalue weighted by Crippen LogP contribution is 2.29. The van der Waals surface area contributed by atoms with E-state index in [1.165, 1.54) is 0 Å². The fourth-order valence-corrected chi connectivity index (χ4v) is 3.37. The summed E-state index contributed by atoms with van der Waals surface area (Å²) >= 11 is 0. The molecule has 144 valence electrons. The lowest BCUT2D eigenvalue weighted by molar-refractivity contribution is -0.136. The van der Waals surface area contributed by atoms with Crippen molar-refractivity contribution in [3.05, 3.63) is 71.3 Å². The first-order chi connectivity index (χ1) is 13.2. The van der Waals surface area contributed by atoms with Crippen LogP contribution in [0.2, 0.25) is 0 Å². The molecule has 1 saturated heterocycles. The molecule has 1 aliphatic heterocycles. The van der Waals surface area contributed by atoms with Crippen LogP contribution in [0.15, 0.2) is 54.6 Å². The first kappa shape index (κ1) is 19.5. The van der Waals surface area contributed by atoms with Crippen molar-refractivity contribution in [1.29, 1.82) is 0 Å². The Kier molecular flexibility index (Phi) is 6.98. The molecule has 0 radical (unpaired) electrons. The molecule has 5 heteroatoms. The van der Waals surface area contributed by atoms with E-state index in [2.05, 4.69) is 5.32 Å². The Hall–Kier alpha value is -2.21. The molecule has 0 saturated carbocycles. The summed E-state index contributed by atoms with van der Waals surface area (Å²) in [5.41, 5.74) is 8.72. The number of carbonyl (C=O) groups is 1. The van der Waals surface area contributed by atoms with E-state index in [9.17, 15) is 4.79 Å². The maximum absolute atomic E-state index is 12.8. The molecule has 3 N–H and O–H groups in total. The third-order valence-electron chi connectivity index (χ3n) is 5.25. The van der Waals surface area contributed by atoms with Gasteiger partial charge in [0.15, 0.2) is 0 Å². The molecule has 3 rings (SSSR count). The average Bonchev–Trinajstić information content (AvgIpc) is 2.74. The molecule has 0 atom stereocenters. The highest BCUT2D eigenvalue weighted by molar-refractivity contribution is 5.83. The van der Waals surface area contributed by atoms with E-state index in [0.29, 0.717) is 52.4 Å². The molecule has 1 amide bonds. The number of rotatable bonds is 8. The zero-order chi connectivity index (χ0) is 19.0. The number of nitrogens with two attached hydrogens (primary N) is 1. The Bertz CT molecular complexity index is 727. The first-order valence-corrected chi connectivity index (χ1v) is 9.48. The van der Waals surface area contributed by atoms with Gasteiger partial charge in [-0.15, -0.1) is 0 Å². The normalized spacial score (nSPS) is 16.0. The van der Waals surface area contributed by atoms with E-state index in [-0.39, 0.29) is 5.91 Å². The maximum atomic E-state index is 12.8. The van der Waals surface area contributed by atoms with E-state index in [0.717, 1.165) is 16.7 Å². The second-order valence-corrected chi connectivity index (χ2v) is 7.03. The molecule has 0 spiro atoms. The van der Waals surface area contributed by atoms with Crippen molar-refractivity contribution in [3.8, 4) is 0 Å². The van der Waals surface area contributed by atoms with Gasteiger partial charge in [-0.2, -0.15) is 0 Å². The standard InChI is InChI=1S/C22H28N2O3/c23-17-22(10-12-26-13-11-22)21(25)24-14-19-8-4-5-9-20(19)16-27-15-18-6-2-1-3-7-18/h1-9H,10-17,23H2,(H,24,25). The van der Waals surface area contributed by atoms with Crippen LogP contribution >= 0.6 is 0 Å². The predicted molar refractivity (Wildman–Crippen MR) is 105 cm³/mol. The fraction of sp³-hybridized carbons (Fsp3) is 0.409. The van der Waals surface area contributed by atoms with Crippen molar-refractivity contribution >= 4 is 5.91 Å². The van der Waals surface area contributed by atoms with Gasteiger partial charge in [-0.3, -0.25) is 4.79 Å². The summed E-state index contributed by atoms with van der Waals surface area (Å²) in [4.78, 5) is 12.8. The Morgan fingerprint density at radius 2 is 1.67 bits per heavy atom. The lowest BCUT2D eigenvalue weighted by Gasteiger charge is -2.34. The number of ether oxygens (including phenoxy) is 2. The Morgan fingerprint density at radius 3 is 2.37 bits per heavy atom. The minimum absolute atomic E-state index is 0.0216. The largest absolute Gasteiger partial charge is 0.381 e. The minimum atomic E-state index is -0.503. The van der Waals surface area contributed by atoms with Gasteiger partial charge in [0.1, 0.15) is 0 Å². The van der Waals surface area contributed by atoms with E-state index in [1.54, 1.807) is 0 Å². The summed E-state index contributed by atoms with van der Waals surface area (Å²) in [5.74, 6) is 0.0216. The smallest absolute Gasteiger partial charge is 0.227 e. The highest BCUT2D eigenvalue weighted by atomic mass is 16.5. The zero-order valence-corrected chi connectivity index (χ0v) is 15.7. The quantitative estimate of drug-likeness (QED) is 0.751. The lowest BCUT2D eigenvalue weighted by Crippen LogP contribution is -2.49. The van der Waals surface area contributed by atoms with Crippen LogP contribution in [-0.2, 0) is 34.0 Å². The van der Waals surface area contributed by atoms with Gasteiger partial charge < -0.3 is 20.5 Å². The van der Waals surface area contributed by atoms with Crippen molar-refractivity contribution in [2.75, 3.05) is 19.8 Å². The molecular formula is C22H28N2O3. The van der Waals surface area contributed by atoms with Crippen molar-refractivity contribution in [2.45, 2.75) is 32.6 Å². The van der Waals surface area contributed by atoms with Gasteiger partial charge >= 0.3 is 0 Å². The van der Waals surface area contributed by atoms with Gasteiger partial charge in [0.2, 0.25) is 5.91 Å². The summed E-state index contributed by atoms with van der Waals surface area (Å²) in [6.07, 6.45) is 1.36. The SMILES string of the molecule is NCC1(C(=O)NCc2ccccc2COCc2ccccc2)CCOCC1. The molecular weight excluding hydrogens is 340 g/mol. The monoisotopic (exact) mass is 368 g/mol. The molecule has 2 aromatic rings. The Morgan fingerprint density at radius 1 is 1.00 bits per heavy atom. The lowest BCUT2D eigenvalue weighted by atomic mass is 9.79. The third-order valence-corrected chi connectivity index (χ3v) is 5.25. The molecule has 5 nitrogen and oxygen atoms in total. The molecule has 0 bridgehead atoms. The van der Waals surface area contributed by atoms with Crippen LogP contribution in [-0.4, -0.2) is 25.7 Å². The van der Waals surface area contributed by atoms with Crippen LogP contribution in [0.1, 0.15) is 29.5 Å². The average molecular weight is 368 g/mol. The molecule has 2 aromatic carbocycles. The van der Waals surface area contributed by atoms with Crippen molar-refractivity contribution < 1.29 is 14.3 Å². The number of carbonyl (C=O) groups excluding carboxylic acids is 1. The topological polar surface area (TPSA) is 73.6 Å².